The topological polar surface area (TPSA) is 12.4 Å². The van der Waals surface area contributed by atoms with Gasteiger partial charge >= 0.3 is 0 Å². The van der Waals surface area contributed by atoms with Crippen molar-refractivity contribution >= 4 is 6.72 Å². The molecule has 0 fully saturated rings. The zero-order chi connectivity index (χ0) is 6.41. The van der Waals surface area contributed by atoms with Crippen LogP contribution in [0.25, 0.3) is 0 Å². The summed E-state index contributed by atoms with van der Waals surface area (Å²) < 4.78 is 0. The van der Waals surface area contributed by atoms with Crippen molar-refractivity contribution < 1.29 is 0 Å². The van der Waals surface area contributed by atoms with Gasteiger partial charge in [0, 0.05) is 6.20 Å². The molecule has 0 heterocycles. The molecule has 0 aliphatic heterocycles. The van der Waals surface area contributed by atoms with E-state index in [1.807, 2.05) is 6.20 Å². The summed E-state index contributed by atoms with van der Waals surface area (Å²) in [6.45, 7) is 7.58. The van der Waals surface area contributed by atoms with Crippen LogP contribution in [0.2, 0.25) is 0 Å². The first-order valence-corrected chi connectivity index (χ1v) is 2.92. The molecule has 8 heavy (non-hydrogen) atoms. The fraction of sp³-hybridized carbons (Fsp3) is 0.571. The Labute approximate surface area is 51.1 Å². The summed E-state index contributed by atoms with van der Waals surface area (Å²) in [4.78, 5) is 3.64. The van der Waals surface area contributed by atoms with Crippen LogP contribution >= 0.6 is 0 Å². The van der Waals surface area contributed by atoms with Gasteiger partial charge in [-0.05, 0) is 20.1 Å². The van der Waals surface area contributed by atoms with Crippen molar-refractivity contribution in [2.45, 2.75) is 26.7 Å². The molecule has 0 aromatic heterocycles. The predicted octanol–water partition coefficient (Wildman–Crippen LogP) is 2.39. The van der Waals surface area contributed by atoms with Gasteiger partial charge in [-0.15, -0.1) is 0 Å². The number of aliphatic imine (C=N–C) groups is 1. The van der Waals surface area contributed by atoms with E-state index in [0.717, 1.165) is 6.42 Å². The monoisotopic (exact) mass is 111 g/mol. The van der Waals surface area contributed by atoms with Crippen molar-refractivity contribution in [1.82, 2.24) is 0 Å². The standard InChI is InChI=1S/C7H13N/c1-4-5-7(2)6-8-3/h6H,3-5H2,1-2H3/b7-6-. The smallest absolute Gasteiger partial charge is 0.0249 e. The number of nitrogens with zero attached hydrogens (tertiary/aromatic N) is 1. The van der Waals surface area contributed by atoms with Crippen LogP contribution < -0.4 is 0 Å². The highest BCUT2D eigenvalue weighted by atomic mass is 14.6. The molecule has 0 spiro atoms. The summed E-state index contributed by atoms with van der Waals surface area (Å²) in [6.07, 6.45) is 4.14. The lowest BCUT2D eigenvalue weighted by molar-refractivity contribution is 0.902. The lowest BCUT2D eigenvalue weighted by Crippen LogP contribution is -1.71. The SMILES string of the molecule is C=N/C=C(/C)CCC. The van der Waals surface area contributed by atoms with E-state index >= 15 is 0 Å². The van der Waals surface area contributed by atoms with Crippen LogP contribution in [0.15, 0.2) is 16.8 Å². The normalized spacial score (nSPS) is 11.5. The molecule has 0 bridgehead atoms. The summed E-state index contributed by atoms with van der Waals surface area (Å²) in [7, 11) is 0. The molecule has 0 radical (unpaired) electrons. The second kappa shape index (κ2) is 4.57. The Morgan fingerprint density at radius 3 is 2.75 bits per heavy atom. The fourth-order valence-electron chi connectivity index (χ4n) is 0.615. The molecule has 0 saturated heterocycles. The van der Waals surface area contributed by atoms with Crippen LogP contribution in [0.5, 0.6) is 0 Å². The molecule has 0 amide bonds. The van der Waals surface area contributed by atoms with Crippen LogP contribution in [0.1, 0.15) is 26.7 Å². The third-order valence-corrected chi connectivity index (χ3v) is 0.956. The van der Waals surface area contributed by atoms with Crippen molar-refractivity contribution in [3.8, 4) is 0 Å². The number of rotatable bonds is 3. The highest BCUT2D eigenvalue weighted by Crippen LogP contribution is 2.01. The van der Waals surface area contributed by atoms with Gasteiger partial charge in [-0.25, -0.2) is 0 Å². The number of allylic oxidation sites excluding steroid dienone is 1. The highest BCUT2D eigenvalue weighted by molar-refractivity contribution is 5.26. The van der Waals surface area contributed by atoms with Crippen molar-refractivity contribution in [1.29, 1.82) is 0 Å². The molecule has 1 nitrogen and oxygen atoms in total. The second-order valence-electron chi connectivity index (χ2n) is 1.91. The van der Waals surface area contributed by atoms with Gasteiger partial charge in [0.15, 0.2) is 0 Å². The van der Waals surface area contributed by atoms with Crippen LogP contribution in [0.3, 0.4) is 0 Å². The number of hydrogen-bond donors (Lipinski definition) is 0. The Morgan fingerprint density at radius 1 is 1.75 bits per heavy atom. The van der Waals surface area contributed by atoms with Crippen LogP contribution in [0, 0.1) is 0 Å². The first-order chi connectivity index (χ1) is 3.81. The zero-order valence-electron chi connectivity index (χ0n) is 5.65. The minimum atomic E-state index is 1.14. The first-order valence-electron chi connectivity index (χ1n) is 2.92. The Bertz CT molecular complexity index is 92.6. The minimum Gasteiger partial charge on any atom is -0.273 e. The Morgan fingerprint density at radius 2 is 2.38 bits per heavy atom. The fourth-order valence-corrected chi connectivity index (χ4v) is 0.615. The van der Waals surface area contributed by atoms with E-state index in [4.69, 9.17) is 0 Å². The van der Waals surface area contributed by atoms with Gasteiger partial charge in [0.25, 0.3) is 0 Å². The van der Waals surface area contributed by atoms with Gasteiger partial charge in [-0.1, -0.05) is 18.9 Å². The average molecular weight is 111 g/mol. The lowest BCUT2D eigenvalue weighted by Gasteiger charge is -1.91. The van der Waals surface area contributed by atoms with E-state index in [2.05, 4.69) is 25.6 Å². The highest BCUT2D eigenvalue weighted by Gasteiger charge is 1.81. The summed E-state index contributed by atoms with van der Waals surface area (Å²) in [5, 5.41) is 0. The van der Waals surface area contributed by atoms with E-state index in [0.29, 0.717) is 0 Å². The Hall–Kier alpha value is -0.590. The maximum atomic E-state index is 3.64. The van der Waals surface area contributed by atoms with Gasteiger partial charge in [0.2, 0.25) is 0 Å². The molecule has 0 rings (SSSR count). The van der Waals surface area contributed by atoms with Gasteiger partial charge in [-0.3, -0.25) is 4.99 Å². The molecule has 0 unspecified atom stereocenters. The molecule has 0 atom stereocenters. The van der Waals surface area contributed by atoms with E-state index < -0.39 is 0 Å². The maximum Gasteiger partial charge on any atom is 0.0249 e. The summed E-state index contributed by atoms with van der Waals surface area (Å²) in [5.74, 6) is 0. The van der Waals surface area contributed by atoms with E-state index in [-0.39, 0.29) is 0 Å². The van der Waals surface area contributed by atoms with Gasteiger partial charge in [0.05, 0.1) is 0 Å². The van der Waals surface area contributed by atoms with Crippen molar-refractivity contribution in [2.24, 2.45) is 4.99 Å². The summed E-state index contributed by atoms with van der Waals surface area (Å²) >= 11 is 0. The second-order valence-corrected chi connectivity index (χ2v) is 1.91. The minimum absolute atomic E-state index is 1.14. The predicted molar refractivity (Wildman–Crippen MR) is 38.2 cm³/mol. The van der Waals surface area contributed by atoms with Crippen molar-refractivity contribution in [2.75, 3.05) is 0 Å². The van der Waals surface area contributed by atoms with Crippen LogP contribution in [-0.4, -0.2) is 6.72 Å². The molecule has 0 aliphatic rings. The Balaban J connectivity index is 3.44. The lowest BCUT2D eigenvalue weighted by atomic mass is 10.2. The van der Waals surface area contributed by atoms with Crippen molar-refractivity contribution in [3.05, 3.63) is 11.8 Å². The molecular formula is C7H13N. The van der Waals surface area contributed by atoms with Gasteiger partial charge in [0.1, 0.15) is 0 Å². The Kier molecular flexibility index (Phi) is 4.23. The van der Waals surface area contributed by atoms with Gasteiger partial charge in [-0.2, -0.15) is 0 Å². The van der Waals surface area contributed by atoms with Crippen LogP contribution in [-0.2, 0) is 0 Å². The van der Waals surface area contributed by atoms with Crippen LogP contribution in [0.4, 0.5) is 0 Å². The molecular weight excluding hydrogens is 98.1 g/mol. The molecule has 0 aromatic rings. The summed E-state index contributed by atoms with van der Waals surface area (Å²) in [5.41, 5.74) is 1.31. The molecule has 1 heteroatoms. The van der Waals surface area contributed by atoms with Gasteiger partial charge < -0.3 is 0 Å². The zero-order valence-corrected chi connectivity index (χ0v) is 5.65. The maximum absolute atomic E-state index is 3.64. The average Bonchev–Trinajstić information content (AvgIpc) is 1.68. The number of hydrogen-bond acceptors (Lipinski definition) is 1. The van der Waals surface area contributed by atoms with E-state index in [1.165, 1.54) is 12.0 Å². The molecule has 46 valence electrons. The largest absolute Gasteiger partial charge is 0.273 e. The quantitative estimate of drug-likeness (QED) is 0.496. The van der Waals surface area contributed by atoms with E-state index in [1.54, 1.807) is 0 Å². The molecule has 0 aromatic carbocycles. The third kappa shape index (κ3) is 3.59. The van der Waals surface area contributed by atoms with E-state index in [9.17, 15) is 0 Å². The molecule has 0 aliphatic carbocycles. The third-order valence-electron chi connectivity index (χ3n) is 0.956. The van der Waals surface area contributed by atoms with Crippen molar-refractivity contribution in [3.63, 3.8) is 0 Å². The first kappa shape index (κ1) is 7.41. The summed E-state index contributed by atoms with van der Waals surface area (Å²) in [6, 6.07) is 0. The molecule has 0 saturated carbocycles. The molecule has 0 N–H and O–H groups in total.